The van der Waals surface area contributed by atoms with Crippen molar-refractivity contribution < 1.29 is 9.50 Å². The number of H-pyrrole nitrogens is 1. The molecular formula is C22H22FN5O3. The summed E-state index contributed by atoms with van der Waals surface area (Å²) in [5.74, 6) is -0.893. The molecule has 0 unspecified atom stereocenters. The summed E-state index contributed by atoms with van der Waals surface area (Å²) in [4.78, 5) is 31.0. The van der Waals surface area contributed by atoms with Gasteiger partial charge in [-0.25, -0.2) is 9.18 Å². The Morgan fingerprint density at radius 1 is 1.23 bits per heavy atom. The Kier molecular flexibility index (Phi) is 5.92. The number of benzene rings is 1. The Balaban J connectivity index is 1.64. The highest BCUT2D eigenvalue weighted by Gasteiger charge is 2.23. The molecule has 31 heavy (non-hydrogen) atoms. The van der Waals surface area contributed by atoms with E-state index in [9.17, 15) is 19.1 Å². The van der Waals surface area contributed by atoms with Gasteiger partial charge in [-0.2, -0.15) is 5.10 Å². The van der Waals surface area contributed by atoms with E-state index in [4.69, 9.17) is 0 Å². The predicted octanol–water partition coefficient (Wildman–Crippen LogP) is 2.39. The second-order valence-corrected chi connectivity index (χ2v) is 7.41. The molecule has 9 heteroatoms. The summed E-state index contributed by atoms with van der Waals surface area (Å²) in [5.41, 5.74) is 0.0316. The average Bonchev–Trinajstić information content (AvgIpc) is 2.78. The minimum Gasteiger partial charge on any atom is -0.494 e. The number of piperidine rings is 1. The minimum atomic E-state index is -0.754. The summed E-state index contributed by atoms with van der Waals surface area (Å²) in [5, 5.41) is 17.0. The molecule has 2 N–H and O–H groups in total. The van der Waals surface area contributed by atoms with E-state index in [0.29, 0.717) is 12.1 Å². The summed E-state index contributed by atoms with van der Waals surface area (Å²) in [6.45, 7) is 0.675. The summed E-state index contributed by atoms with van der Waals surface area (Å²) < 4.78 is 14.2. The zero-order chi connectivity index (χ0) is 21.8. The Hall–Kier alpha value is -3.75. The number of aromatic nitrogens is 3. The topological polar surface area (TPSA) is 104 Å². The van der Waals surface area contributed by atoms with E-state index in [1.807, 2.05) is 17.1 Å². The first kappa shape index (κ1) is 20.5. The first-order valence-corrected chi connectivity index (χ1v) is 10.0. The van der Waals surface area contributed by atoms with Gasteiger partial charge in [0.2, 0.25) is 5.88 Å². The molecule has 1 atom stereocenters. The van der Waals surface area contributed by atoms with Crippen molar-refractivity contribution in [2.75, 3.05) is 6.54 Å². The van der Waals surface area contributed by atoms with E-state index in [0.717, 1.165) is 29.4 Å². The van der Waals surface area contributed by atoms with E-state index < -0.39 is 22.9 Å². The molecule has 3 aromatic rings. The zero-order valence-corrected chi connectivity index (χ0v) is 16.7. The molecule has 0 spiro atoms. The van der Waals surface area contributed by atoms with Crippen molar-refractivity contribution in [2.45, 2.75) is 31.8 Å². The molecule has 1 aliphatic heterocycles. The summed E-state index contributed by atoms with van der Waals surface area (Å²) >= 11 is 0. The Labute approximate surface area is 177 Å². The van der Waals surface area contributed by atoms with Gasteiger partial charge in [-0.3, -0.25) is 24.3 Å². The Morgan fingerprint density at radius 3 is 2.77 bits per heavy atom. The predicted molar refractivity (Wildman–Crippen MR) is 114 cm³/mol. The van der Waals surface area contributed by atoms with Crippen LogP contribution in [0.2, 0.25) is 0 Å². The third-order valence-electron chi connectivity index (χ3n) is 5.34. The molecule has 1 aliphatic rings. The number of aromatic hydroxyl groups is 1. The number of rotatable bonds is 5. The lowest BCUT2D eigenvalue weighted by molar-refractivity contribution is 0.156. The second-order valence-electron chi connectivity index (χ2n) is 7.41. The van der Waals surface area contributed by atoms with Crippen LogP contribution < -0.4 is 11.2 Å². The first-order chi connectivity index (χ1) is 15.0. The molecule has 4 rings (SSSR count). The highest BCUT2D eigenvalue weighted by Crippen LogP contribution is 2.30. The fourth-order valence-electron chi connectivity index (χ4n) is 3.71. The monoisotopic (exact) mass is 423 g/mol. The van der Waals surface area contributed by atoms with Crippen LogP contribution in [0.3, 0.4) is 0 Å². The number of halogens is 1. The van der Waals surface area contributed by atoms with Crippen molar-refractivity contribution in [3.8, 4) is 5.88 Å². The standard InChI is InChI=1S/C22H22FN5O3/c23-17-8-6-15(7-9-17)14-27-21(30)18(20(29)26-22(27)31)13-25-28-11-2-1-5-19(28)16-4-3-10-24-12-16/h3-4,6-10,12-13,19,30H,1-2,5,11,14H2,(H,26,29,31)/b25-13+/t19-/m1/s1. The van der Waals surface area contributed by atoms with Gasteiger partial charge in [-0.05, 0) is 48.6 Å². The third-order valence-corrected chi connectivity index (χ3v) is 5.34. The Morgan fingerprint density at radius 2 is 2.03 bits per heavy atom. The fraction of sp³-hybridized carbons (Fsp3) is 0.273. The lowest BCUT2D eigenvalue weighted by Gasteiger charge is -2.33. The van der Waals surface area contributed by atoms with E-state index in [2.05, 4.69) is 15.1 Å². The molecule has 160 valence electrons. The average molecular weight is 423 g/mol. The highest BCUT2D eigenvalue weighted by atomic mass is 19.1. The number of pyridine rings is 1. The van der Waals surface area contributed by atoms with Gasteiger partial charge >= 0.3 is 5.69 Å². The quantitative estimate of drug-likeness (QED) is 0.614. The van der Waals surface area contributed by atoms with E-state index in [1.54, 1.807) is 12.4 Å². The molecule has 0 bridgehead atoms. The molecule has 8 nitrogen and oxygen atoms in total. The number of nitrogens with one attached hydrogen (secondary N) is 1. The number of hydrazone groups is 1. The summed E-state index contributed by atoms with van der Waals surface area (Å²) in [6.07, 6.45) is 7.70. The smallest absolute Gasteiger partial charge is 0.331 e. The van der Waals surface area contributed by atoms with Gasteiger partial charge in [0.05, 0.1) is 18.8 Å². The van der Waals surface area contributed by atoms with Gasteiger partial charge in [0.1, 0.15) is 11.4 Å². The summed E-state index contributed by atoms with van der Waals surface area (Å²) in [6, 6.07) is 9.41. The molecule has 0 amide bonds. The first-order valence-electron chi connectivity index (χ1n) is 10.0. The lowest BCUT2D eigenvalue weighted by atomic mass is 9.98. The van der Waals surface area contributed by atoms with Crippen LogP contribution in [0.15, 0.2) is 63.5 Å². The normalized spacial score (nSPS) is 16.7. The largest absolute Gasteiger partial charge is 0.494 e. The van der Waals surface area contributed by atoms with Crippen molar-refractivity contribution in [2.24, 2.45) is 5.10 Å². The SMILES string of the molecule is O=c1[nH]c(=O)n(Cc2ccc(F)cc2)c(O)c1/C=N/N1CCCC[C@@H]1c1cccnc1. The molecule has 1 saturated heterocycles. The van der Waals surface area contributed by atoms with Crippen LogP contribution in [0.1, 0.15) is 42.0 Å². The minimum absolute atomic E-state index is 0.0186. The molecule has 1 aromatic carbocycles. The number of nitrogens with zero attached hydrogens (tertiary/aromatic N) is 4. The van der Waals surface area contributed by atoms with Crippen LogP contribution in [-0.4, -0.2) is 37.4 Å². The molecule has 0 radical (unpaired) electrons. The zero-order valence-electron chi connectivity index (χ0n) is 16.7. The van der Waals surface area contributed by atoms with E-state index in [1.165, 1.54) is 30.5 Å². The number of aromatic amines is 1. The van der Waals surface area contributed by atoms with Crippen molar-refractivity contribution in [1.29, 1.82) is 0 Å². The molecule has 1 fully saturated rings. The molecule has 0 aliphatic carbocycles. The van der Waals surface area contributed by atoms with Gasteiger partial charge in [-0.15, -0.1) is 0 Å². The molecular weight excluding hydrogens is 401 g/mol. The van der Waals surface area contributed by atoms with Crippen LogP contribution in [-0.2, 0) is 6.54 Å². The van der Waals surface area contributed by atoms with E-state index in [-0.39, 0.29) is 18.2 Å². The van der Waals surface area contributed by atoms with E-state index >= 15 is 0 Å². The molecule has 3 heterocycles. The maximum Gasteiger partial charge on any atom is 0.331 e. The lowest BCUT2D eigenvalue weighted by Crippen LogP contribution is -2.33. The van der Waals surface area contributed by atoms with Crippen LogP contribution in [0, 0.1) is 5.82 Å². The van der Waals surface area contributed by atoms with Gasteiger partial charge in [0.25, 0.3) is 5.56 Å². The van der Waals surface area contributed by atoms with Crippen LogP contribution in [0.25, 0.3) is 0 Å². The van der Waals surface area contributed by atoms with Crippen molar-refractivity contribution in [1.82, 2.24) is 19.5 Å². The van der Waals surface area contributed by atoms with Crippen LogP contribution in [0.5, 0.6) is 5.88 Å². The van der Waals surface area contributed by atoms with Crippen LogP contribution >= 0.6 is 0 Å². The van der Waals surface area contributed by atoms with Crippen LogP contribution in [0.4, 0.5) is 4.39 Å². The number of hydrogen-bond donors (Lipinski definition) is 2. The van der Waals surface area contributed by atoms with Crippen molar-refractivity contribution >= 4 is 6.21 Å². The maximum absolute atomic E-state index is 13.1. The highest BCUT2D eigenvalue weighted by molar-refractivity contribution is 5.81. The maximum atomic E-state index is 13.1. The van der Waals surface area contributed by atoms with Crippen molar-refractivity contribution in [3.05, 3.63) is 92.1 Å². The van der Waals surface area contributed by atoms with Gasteiger partial charge < -0.3 is 5.11 Å². The molecule has 0 saturated carbocycles. The second kappa shape index (κ2) is 8.95. The molecule has 2 aromatic heterocycles. The van der Waals surface area contributed by atoms with Gasteiger partial charge in [0, 0.05) is 18.9 Å². The number of hydrogen-bond acceptors (Lipinski definition) is 6. The van der Waals surface area contributed by atoms with Gasteiger partial charge in [0.15, 0.2) is 0 Å². The third kappa shape index (κ3) is 4.55. The van der Waals surface area contributed by atoms with Crippen molar-refractivity contribution in [3.63, 3.8) is 0 Å². The fourth-order valence-corrected chi connectivity index (χ4v) is 3.71. The summed E-state index contributed by atoms with van der Waals surface area (Å²) in [7, 11) is 0. The van der Waals surface area contributed by atoms with Gasteiger partial charge in [-0.1, -0.05) is 18.2 Å². The Bertz CT molecular complexity index is 1190.